The zero-order chi connectivity index (χ0) is 27.0. The van der Waals surface area contributed by atoms with E-state index in [1.165, 1.54) is 11.3 Å². The lowest BCUT2D eigenvalue weighted by Gasteiger charge is -2.25. The Labute approximate surface area is 232 Å². The fourth-order valence-electron chi connectivity index (χ4n) is 4.39. The van der Waals surface area contributed by atoms with E-state index in [2.05, 4.69) is 20.9 Å². The number of ether oxygens (including phenoxy) is 1. The zero-order valence-corrected chi connectivity index (χ0v) is 23.8. The molecule has 1 aliphatic heterocycles. The molecule has 0 saturated heterocycles. The molecule has 38 heavy (non-hydrogen) atoms. The number of hydrogen-bond donors (Lipinski definition) is 0. The Hall–Kier alpha value is -3.69. The average molecular weight is 593 g/mol. The van der Waals surface area contributed by atoms with Crippen LogP contribution in [0.4, 0.5) is 5.69 Å². The average Bonchev–Trinajstić information content (AvgIpc) is 3.48. The number of anilines is 1. The molecule has 1 unspecified atom stereocenters. The van der Waals surface area contributed by atoms with Gasteiger partial charge in [0.25, 0.3) is 5.56 Å². The van der Waals surface area contributed by atoms with Crippen LogP contribution in [0.3, 0.4) is 0 Å². The number of aromatic nitrogens is 1. The summed E-state index contributed by atoms with van der Waals surface area (Å²) in [5.41, 5.74) is 3.40. The Morgan fingerprint density at radius 1 is 1.13 bits per heavy atom. The van der Waals surface area contributed by atoms with Gasteiger partial charge in [0.2, 0.25) is 0 Å². The minimum atomic E-state index is -0.654. The first-order chi connectivity index (χ1) is 18.3. The lowest BCUT2D eigenvalue weighted by molar-refractivity contribution is -0.139. The van der Waals surface area contributed by atoms with E-state index in [-0.39, 0.29) is 12.2 Å². The lowest BCUT2D eigenvalue weighted by atomic mass is 9.95. The van der Waals surface area contributed by atoms with Crippen LogP contribution in [-0.2, 0) is 9.53 Å². The molecule has 0 bridgehead atoms. The number of carbonyl (C=O) groups excluding carboxylic acids is 1. The molecular formula is C29H26BrN3O4S. The van der Waals surface area contributed by atoms with E-state index >= 15 is 0 Å². The van der Waals surface area contributed by atoms with Gasteiger partial charge in [0.1, 0.15) is 11.5 Å². The van der Waals surface area contributed by atoms with Crippen molar-refractivity contribution in [3.63, 3.8) is 0 Å². The maximum absolute atomic E-state index is 13.8. The summed E-state index contributed by atoms with van der Waals surface area (Å²) in [6, 6.07) is 18.7. The summed E-state index contributed by atoms with van der Waals surface area (Å²) in [6.45, 7) is 3.77. The number of esters is 1. The fourth-order valence-corrected chi connectivity index (χ4v) is 5.68. The molecule has 7 nitrogen and oxygen atoms in total. The number of furan rings is 1. The molecule has 4 aromatic rings. The van der Waals surface area contributed by atoms with Crippen molar-refractivity contribution in [2.75, 3.05) is 25.6 Å². The van der Waals surface area contributed by atoms with Crippen molar-refractivity contribution in [3.05, 3.63) is 107 Å². The summed E-state index contributed by atoms with van der Waals surface area (Å²) in [7, 11) is 3.92. The highest BCUT2D eigenvalue weighted by molar-refractivity contribution is 9.10. The maximum atomic E-state index is 13.8. The smallest absolute Gasteiger partial charge is 0.338 e. The van der Waals surface area contributed by atoms with E-state index in [4.69, 9.17) is 9.15 Å². The first kappa shape index (κ1) is 25.9. The SMILES string of the molecule is CCOC(=O)C1=C(C)N=c2s/c(=C/c3ccc(-c4ccc(Br)cc4)o3)c(=O)n2C1c1ccc(N(C)C)cc1. The lowest BCUT2D eigenvalue weighted by Crippen LogP contribution is -2.39. The van der Waals surface area contributed by atoms with E-state index in [9.17, 15) is 9.59 Å². The van der Waals surface area contributed by atoms with Crippen LogP contribution >= 0.6 is 27.3 Å². The molecule has 5 rings (SSSR count). The van der Waals surface area contributed by atoms with Crippen LogP contribution in [0.2, 0.25) is 0 Å². The highest BCUT2D eigenvalue weighted by Gasteiger charge is 2.33. The molecular weight excluding hydrogens is 566 g/mol. The zero-order valence-electron chi connectivity index (χ0n) is 21.4. The van der Waals surface area contributed by atoms with Gasteiger partial charge in [0, 0.05) is 35.9 Å². The van der Waals surface area contributed by atoms with Crippen molar-refractivity contribution >= 4 is 45.0 Å². The van der Waals surface area contributed by atoms with Crippen molar-refractivity contribution in [2.24, 2.45) is 4.99 Å². The van der Waals surface area contributed by atoms with Crippen LogP contribution < -0.4 is 19.8 Å². The second-order valence-corrected chi connectivity index (χ2v) is 10.9. The van der Waals surface area contributed by atoms with Gasteiger partial charge in [-0.2, -0.15) is 0 Å². The third kappa shape index (κ3) is 4.91. The van der Waals surface area contributed by atoms with Crippen LogP contribution in [0, 0.1) is 0 Å². The standard InChI is InChI=1S/C29H26BrN3O4S/c1-5-36-28(35)25-17(2)31-29-33(26(25)19-8-12-21(13-9-19)32(3)4)27(34)24(38-29)16-22-14-15-23(37-22)18-6-10-20(30)11-7-18/h6-16,26H,5H2,1-4H3/b24-16+. The first-order valence-corrected chi connectivity index (χ1v) is 13.7. The Balaban J connectivity index is 1.62. The quantitative estimate of drug-likeness (QED) is 0.298. The second-order valence-electron chi connectivity index (χ2n) is 9.00. The van der Waals surface area contributed by atoms with Gasteiger partial charge < -0.3 is 14.1 Å². The van der Waals surface area contributed by atoms with Crippen molar-refractivity contribution in [2.45, 2.75) is 19.9 Å². The van der Waals surface area contributed by atoms with Crippen LogP contribution in [0.1, 0.15) is 31.2 Å². The van der Waals surface area contributed by atoms with Gasteiger partial charge in [-0.25, -0.2) is 9.79 Å². The molecule has 0 fully saturated rings. The molecule has 9 heteroatoms. The topological polar surface area (TPSA) is 77.0 Å². The molecule has 1 aliphatic rings. The molecule has 2 aromatic heterocycles. The molecule has 0 saturated carbocycles. The molecule has 0 radical (unpaired) electrons. The van der Waals surface area contributed by atoms with Crippen molar-refractivity contribution in [1.29, 1.82) is 0 Å². The third-order valence-corrected chi connectivity index (χ3v) is 7.78. The van der Waals surface area contributed by atoms with E-state index in [0.717, 1.165) is 21.3 Å². The molecule has 0 amide bonds. The summed E-state index contributed by atoms with van der Waals surface area (Å²) in [5.74, 6) is 0.784. The third-order valence-electron chi connectivity index (χ3n) is 6.27. The molecule has 194 valence electrons. The van der Waals surface area contributed by atoms with Gasteiger partial charge in [0.05, 0.1) is 28.5 Å². The highest BCUT2D eigenvalue weighted by atomic mass is 79.9. The Morgan fingerprint density at radius 3 is 2.50 bits per heavy atom. The van der Waals surface area contributed by atoms with Gasteiger partial charge in [-0.1, -0.05) is 51.5 Å². The Bertz CT molecular complexity index is 1710. The largest absolute Gasteiger partial charge is 0.463 e. The number of thiazole rings is 1. The van der Waals surface area contributed by atoms with Crippen molar-refractivity contribution < 1.29 is 13.9 Å². The first-order valence-electron chi connectivity index (χ1n) is 12.1. The Morgan fingerprint density at radius 2 is 1.84 bits per heavy atom. The van der Waals surface area contributed by atoms with Gasteiger partial charge in [-0.3, -0.25) is 9.36 Å². The number of rotatable bonds is 6. The van der Waals surface area contributed by atoms with E-state index < -0.39 is 12.0 Å². The van der Waals surface area contributed by atoms with Gasteiger partial charge in [0.15, 0.2) is 4.80 Å². The van der Waals surface area contributed by atoms with Crippen LogP contribution in [0.25, 0.3) is 17.4 Å². The van der Waals surface area contributed by atoms with Crippen LogP contribution in [-0.4, -0.2) is 31.2 Å². The molecule has 3 heterocycles. The molecule has 1 atom stereocenters. The minimum Gasteiger partial charge on any atom is -0.463 e. The van der Waals surface area contributed by atoms with Crippen molar-refractivity contribution in [3.8, 4) is 11.3 Å². The number of benzene rings is 2. The van der Waals surface area contributed by atoms with E-state index in [0.29, 0.717) is 32.1 Å². The number of nitrogens with zero attached hydrogens (tertiary/aromatic N) is 3. The van der Waals surface area contributed by atoms with Gasteiger partial charge in [-0.05, 0) is 55.8 Å². The molecule has 0 aliphatic carbocycles. The highest BCUT2D eigenvalue weighted by Crippen LogP contribution is 2.31. The number of carbonyl (C=O) groups is 1. The number of halogens is 1. The van der Waals surface area contributed by atoms with Gasteiger partial charge >= 0.3 is 5.97 Å². The summed E-state index contributed by atoms with van der Waals surface area (Å²) >= 11 is 4.71. The molecule has 0 spiro atoms. The number of fused-ring (bicyclic) bond motifs is 1. The summed E-state index contributed by atoms with van der Waals surface area (Å²) in [4.78, 5) is 34.0. The summed E-state index contributed by atoms with van der Waals surface area (Å²) < 4.78 is 14.4. The van der Waals surface area contributed by atoms with E-state index in [1.54, 1.807) is 24.5 Å². The van der Waals surface area contributed by atoms with Crippen LogP contribution in [0.15, 0.2) is 90.6 Å². The summed E-state index contributed by atoms with van der Waals surface area (Å²) in [5, 5.41) is 0. The number of allylic oxidation sites excluding steroid dienone is 1. The summed E-state index contributed by atoms with van der Waals surface area (Å²) in [6.07, 6.45) is 1.72. The minimum absolute atomic E-state index is 0.228. The fraction of sp³-hybridized carbons (Fsp3) is 0.207. The van der Waals surface area contributed by atoms with Gasteiger partial charge in [-0.15, -0.1) is 0 Å². The monoisotopic (exact) mass is 591 g/mol. The normalized spacial score (nSPS) is 15.3. The van der Waals surface area contributed by atoms with Crippen LogP contribution in [0.5, 0.6) is 0 Å². The Kier molecular flexibility index (Phi) is 7.23. The predicted octanol–water partition coefficient (Wildman–Crippen LogP) is 4.89. The van der Waals surface area contributed by atoms with E-state index in [1.807, 2.05) is 79.7 Å². The number of hydrogen-bond acceptors (Lipinski definition) is 7. The van der Waals surface area contributed by atoms with Crippen molar-refractivity contribution in [1.82, 2.24) is 4.57 Å². The second kappa shape index (κ2) is 10.6. The molecule has 2 aromatic carbocycles. The maximum Gasteiger partial charge on any atom is 0.338 e. The molecule has 0 N–H and O–H groups in total. The predicted molar refractivity (Wildman–Crippen MR) is 153 cm³/mol.